The van der Waals surface area contributed by atoms with Gasteiger partial charge < -0.3 is 14.6 Å². The van der Waals surface area contributed by atoms with E-state index in [-0.39, 0.29) is 6.10 Å². The van der Waals surface area contributed by atoms with Crippen molar-refractivity contribution in [1.29, 1.82) is 0 Å². The van der Waals surface area contributed by atoms with Crippen LogP contribution in [0.3, 0.4) is 0 Å². The molecule has 3 aliphatic rings. The van der Waals surface area contributed by atoms with E-state index in [0.29, 0.717) is 39.6 Å². The minimum atomic E-state index is -0.200. The van der Waals surface area contributed by atoms with Gasteiger partial charge in [-0.15, -0.1) is 0 Å². The van der Waals surface area contributed by atoms with Crippen molar-refractivity contribution in [3.05, 3.63) is 24.2 Å². The van der Waals surface area contributed by atoms with Crippen molar-refractivity contribution in [3.8, 4) is 0 Å². The van der Waals surface area contributed by atoms with Crippen LogP contribution in [0.2, 0.25) is 0 Å². The summed E-state index contributed by atoms with van der Waals surface area (Å²) in [6, 6.07) is 0. The van der Waals surface area contributed by atoms with Crippen LogP contribution in [0.5, 0.6) is 0 Å². The van der Waals surface area contributed by atoms with Gasteiger partial charge in [0.2, 0.25) is 0 Å². The van der Waals surface area contributed by atoms with Crippen LogP contribution in [0.25, 0.3) is 0 Å². The summed E-state index contributed by atoms with van der Waals surface area (Å²) in [5.74, 6) is 6.54. The second kappa shape index (κ2) is 12.1. The van der Waals surface area contributed by atoms with E-state index >= 15 is 0 Å². The molecule has 3 nitrogen and oxygen atoms in total. The quantitative estimate of drug-likeness (QED) is 0.190. The van der Waals surface area contributed by atoms with Gasteiger partial charge in [-0.1, -0.05) is 55.9 Å². The molecule has 0 heterocycles. The zero-order chi connectivity index (χ0) is 23.4. The first-order valence-electron chi connectivity index (χ1n) is 13.1. The summed E-state index contributed by atoms with van der Waals surface area (Å²) in [6.45, 7) is 12.7. The molecular weight excluding hydrogens is 511 g/mol. The summed E-state index contributed by atoms with van der Waals surface area (Å²) in [4.78, 5) is 0. The Kier molecular flexibility index (Phi) is 10.0. The molecule has 0 aromatic heterocycles. The van der Waals surface area contributed by atoms with Gasteiger partial charge in [-0.3, -0.25) is 0 Å². The van der Waals surface area contributed by atoms with Crippen molar-refractivity contribution >= 4 is 22.6 Å². The van der Waals surface area contributed by atoms with E-state index in [0.717, 1.165) is 42.6 Å². The molecule has 3 aliphatic carbocycles. The van der Waals surface area contributed by atoms with Gasteiger partial charge in [0.05, 0.1) is 23.7 Å². The Morgan fingerprint density at radius 1 is 1.22 bits per heavy atom. The van der Waals surface area contributed by atoms with Gasteiger partial charge >= 0.3 is 0 Å². The zero-order valence-electron chi connectivity index (χ0n) is 21.1. The summed E-state index contributed by atoms with van der Waals surface area (Å²) in [6.07, 6.45) is 13.3. The fourth-order valence-corrected chi connectivity index (χ4v) is 8.72. The molecule has 3 rings (SSSR count). The van der Waals surface area contributed by atoms with Crippen LogP contribution in [-0.4, -0.2) is 28.3 Å². The van der Waals surface area contributed by atoms with E-state index in [2.05, 4.69) is 49.1 Å². The summed E-state index contributed by atoms with van der Waals surface area (Å²) >= 11 is 2.69. The Balaban J connectivity index is 1.73. The average molecular weight is 559 g/mol. The number of allylic oxidation sites excluding steroid dienone is 3. The first-order chi connectivity index (χ1) is 15.2. The highest BCUT2D eigenvalue weighted by Gasteiger charge is 2.48. The van der Waals surface area contributed by atoms with Crippen molar-refractivity contribution < 1.29 is 14.6 Å². The lowest BCUT2D eigenvalue weighted by atomic mass is 9.57. The molecule has 1 N–H and O–H groups in total. The van der Waals surface area contributed by atoms with Crippen molar-refractivity contribution in [2.45, 2.75) is 102 Å². The molecule has 0 amide bonds. The van der Waals surface area contributed by atoms with Crippen LogP contribution in [0.4, 0.5) is 0 Å². The smallest absolute Gasteiger partial charge is 0.0996 e. The number of hydrogen-bond donors (Lipinski definition) is 1. The standard InChI is InChI=1S/C28H47IO3/c1-7-20-10-13-23(26(14-20)19(5)30)24-16-27(31-6)28(29)25(18(24)4)15-21-8-11-22(12-9-21)32-17(2)3/h11,18-21,23-28,30H,2,7-10,12-16H2,1,3-6H3/t18?,19-,20+,21?,23+,24+,25?,26?,27-,28+/m0/s1. The molecule has 2 saturated carbocycles. The molecule has 0 bridgehead atoms. The Morgan fingerprint density at radius 3 is 2.53 bits per heavy atom. The number of hydrogen-bond acceptors (Lipinski definition) is 3. The van der Waals surface area contributed by atoms with E-state index in [1.165, 1.54) is 38.5 Å². The van der Waals surface area contributed by atoms with Crippen LogP contribution in [0, 0.1) is 41.4 Å². The van der Waals surface area contributed by atoms with Crippen molar-refractivity contribution in [2.24, 2.45) is 41.4 Å². The Hall–Kier alpha value is -0.0700. The molecule has 0 aromatic rings. The van der Waals surface area contributed by atoms with Crippen LogP contribution in [-0.2, 0) is 9.47 Å². The largest absolute Gasteiger partial charge is 0.467 e. The fraction of sp³-hybridized carbons (Fsp3) is 0.857. The second-order valence-electron chi connectivity index (χ2n) is 11.1. The molecule has 184 valence electrons. The number of aliphatic hydroxyl groups is 1. The molecule has 2 fully saturated rings. The van der Waals surface area contributed by atoms with Crippen LogP contribution in [0.1, 0.15) is 85.5 Å². The molecule has 0 aromatic carbocycles. The highest BCUT2D eigenvalue weighted by atomic mass is 127. The van der Waals surface area contributed by atoms with E-state index in [1.54, 1.807) is 0 Å². The lowest BCUT2D eigenvalue weighted by Crippen LogP contribution is -2.49. The van der Waals surface area contributed by atoms with Crippen molar-refractivity contribution in [2.75, 3.05) is 7.11 Å². The minimum absolute atomic E-state index is 0.200. The molecule has 4 heteroatoms. The second-order valence-corrected chi connectivity index (χ2v) is 12.6. The molecule has 10 atom stereocenters. The summed E-state index contributed by atoms with van der Waals surface area (Å²) < 4.78 is 12.4. The third-order valence-electron chi connectivity index (χ3n) is 9.12. The summed E-state index contributed by atoms with van der Waals surface area (Å²) in [5.41, 5.74) is 0. The van der Waals surface area contributed by atoms with Crippen molar-refractivity contribution in [3.63, 3.8) is 0 Å². The van der Waals surface area contributed by atoms with Gasteiger partial charge in [0.25, 0.3) is 0 Å². The van der Waals surface area contributed by atoms with Gasteiger partial charge in [-0.25, -0.2) is 0 Å². The first-order valence-corrected chi connectivity index (χ1v) is 14.4. The van der Waals surface area contributed by atoms with Crippen molar-refractivity contribution in [1.82, 2.24) is 0 Å². The number of ether oxygens (including phenoxy) is 2. The maximum Gasteiger partial charge on any atom is 0.0996 e. The topological polar surface area (TPSA) is 38.7 Å². The number of aliphatic hydroxyl groups excluding tert-OH is 1. The maximum atomic E-state index is 10.7. The van der Waals surface area contributed by atoms with Crippen LogP contribution >= 0.6 is 22.6 Å². The molecular formula is C28H47IO3. The third kappa shape index (κ3) is 6.33. The molecule has 0 radical (unpaired) electrons. The predicted octanol–water partition coefficient (Wildman–Crippen LogP) is 7.52. The Morgan fingerprint density at radius 2 is 1.97 bits per heavy atom. The van der Waals surface area contributed by atoms with Gasteiger partial charge in [-0.2, -0.15) is 0 Å². The van der Waals surface area contributed by atoms with E-state index in [1.807, 2.05) is 21.0 Å². The van der Waals surface area contributed by atoms with Gasteiger partial charge in [0, 0.05) is 17.5 Å². The van der Waals surface area contributed by atoms with E-state index < -0.39 is 0 Å². The zero-order valence-corrected chi connectivity index (χ0v) is 23.2. The normalized spacial score (nSPS) is 41.6. The molecule has 0 spiro atoms. The Bertz CT molecular complexity index is 645. The number of alkyl halides is 1. The lowest BCUT2D eigenvalue weighted by molar-refractivity contribution is -0.0560. The van der Waals surface area contributed by atoms with Crippen LogP contribution < -0.4 is 0 Å². The van der Waals surface area contributed by atoms with E-state index in [4.69, 9.17) is 9.47 Å². The van der Waals surface area contributed by atoms with Gasteiger partial charge in [0.1, 0.15) is 0 Å². The molecule has 0 aliphatic heterocycles. The fourth-order valence-electron chi connectivity index (χ4n) is 7.19. The molecule has 4 unspecified atom stereocenters. The number of halogens is 1. The maximum absolute atomic E-state index is 10.7. The average Bonchev–Trinajstić information content (AvgIpc) is 2.77. The number of methoxy groups -OCH3 is 1. The van der Waals surface area contributed by atoms with Gasteiger partial charge in [-0.05, 0) is 99.9 Å². The predicted molar refractivity (Wildman–Crippen MR) is 142 cm³/mol. The number of rotatable bonds is 8. The highest BCUT2D eigenvalue weighted by molar-refractivity contribution is 14.1. The van der Waals surface area contributed by atoms with Crippen LogP contribution in [0.15, 0.2) is 24.2 Å². The highest BCUT2D eigenvalue weighted by Crippen LogP contribution is 2.52. The monoisotopic (exact) mass is 558 g/mol. The first kappa shape index (κ1) is 26.5. The third-order valence-corrected chi connectivity index (χ3v) is 10.8. The molecule has 32 heavy (non-hydrogen) atoms. The van der Waals surface area contributed by atoms with E-state index in [9.17, 15) is 5.11 Å². The summed E-state index contributed by atoms with van der Waals surface area (Å²) in [7, 11) is 1.91. The van der Waals surface area contributed by atoms with Gasteiger partial charge in [0.15, 0.2) is 0 Å². The Labute approximate surface area is 210 Å². The molecule has 0 saturated heterocycles. The lowest BCUT2D eigenvalue weighted by Gasteiger charge is -2.51. The minimum Gasteiger partial charge on any atom is -0.467 e. The SMILES string of the molecule is C=C(C)OC1=CCC(CC2C(C)[C@H]([C@H]3CC[C@@H](CC)CC3[C@H](C)O)C[C@H](OC)[C@@H]2I)CC1. The summed E-state index contributed by atoms with van der Waals surface area (Å²) in [5, 5.41) is 10.7.